The summed E-state index contributed by atoms with van der Waals surface area (Å²) in [4.78, 5) is 22.0. The van der Waals surface area contributed by atoms with Crippen LogP contribution in [0.2, 0.25) is 5.02 Å². The van der Waals surface area contributed by atoms with E-state index >= 15 is 0 Å². The quantitative estimate of drug-likeness (QED) is 0.622. The van der Waals surface area contributed by atoms with E-state index in [1.807, 2.05) is 0 Å². The summed E-state index contributed by atoms with van der Waals surface area (Å²) in [7, 11) is 0. The molecule has 0 aliphatic heterocycles. The molecule has 0 saturated carbocycles. The Morgan fingerprint density at radius 1 is 1.33 bits per heavy atom. The van der Waals surface area contributed by atoms with Crippen LogP contribution in [0.25, 0.3) is 0 Å². The molecule has 0 aromatic heterocycles. The van der Waals surface area contributed by atoms with E-state index in [4.69, 9.17) is 11.6 Å². The van der Waals surface area contributed by atoms with Gasteiger partial charge in [-0.1, -0.05) is 23.7 Å². The highest BCUT2D eigenvalue weighted by atomic mass is 35.5. The van der Waals surface area contributed by atoms with Crippen molar-refractivity contribution in [1.82, 2.24) is 0 Å². The Kier molecular flexibility index (Phi) is 2.61. The Balaban J connectivity index is 3.53. The van der Waals surface area contributed by atoms with Crippen molar-refractivity contribution in [3.63, 3.8) is 0 Å². The van der Waals surface area contributed by atoms with E-state index in [1.54, 1.807) is 12.1 Å². The fraction of sp³-hybridized carbons (Fsp3) is 0.111. The second-order valence-electron chi connectivity index (χ2n) is 2.37. The van der Waals surface area contributed by atoms with Gasteiger partial charge in [0.15, 0.2) is 11.2 Å². The average Bonchev–Trinajstić information content (AvgIpc) is 2.15. The normalized spacial score (nSPS) is 9.50. The van der Waals surface area contributed by atoms with Gasteiger partial charge in [0.1, 0.15) is 0 Å². The highest BCUT2D eigenvalue weighted by Gasteiger charge is 2.05. The van der Waals surface area contributed by atoms with Crippen molar-refractivity contribution in [2.45, 2.75) is 6.92 Å². The van der Waals surface area contributed by atoms with Crippen LogP contribution in [0, 0.1) is 0 Å². The number of rotatable bonds is 1. The van der Waals surface area contributed by atoms with E-state index in [1.165, 1.54) is 19.1 Å². The number of Topliss-reactive ketones (excluding diaryl/α,β-unsaturated/α-hetero) is 1. The molecule has 1 rings (SSSR count). The van der Waals surface area contributed by atoms with Gasteiger partial charge in [0.2, 0.25) is 0 Å². The van der Waals surface area contributed by atoms with Crippen molar-refractivity contribution in [3.05, 3.63) is 45.1 Å². The van der Waals surface area contributed by atoms with Crippen molar-refractivity contribution in [1.29, 1.82) is 0 Å². The van der Waals surface area contributed by atoms with Crippen molar-refractivity contribution in [2.24, 2.45) is 0 Å². The van der Waals surface area contributed by atoms with Crippen LogP contribution in [0.15, 0.2) is 29.1 Å². The van der Waals surface area contributed by atoms with Crippen molar-refractivity contribution in [3.8, 4) is 0 Å². The SMILES string of the molecule is CC(=O)c1ccccc(=O)c1Cl. The standard InChI is InChI=1S/C9H7ClO2/c1-6(11)7-4-2-3-5-8(12)9(7)10/h2-5H,1H3. The van der Waals surface area contributed by atoms with Crippen LogP contribution in [0.3, 0.4) is 0 Å². The number of carbonyl (C=O) groups is 1. The van der Waals surface area contributed by atoms with Gasteiger partial charge in [0.25, 0.3) is 0 Å². The molecule has 1 aromatic carbocycles. The zero-order valence-electron chi connectivity index (χ0n) is 6.50. The molecule has 0 fully saturated rings. The molecule has 0 aliphatic rings. The zero-order chi connectivity index (χ0) is 9.14. The molecule has 0 heterocycles. The highest BCUT2D eigenvalue weighted by molar-refractivity contribution is 6.33. The lowest BCUT2D eigenvalue weighted by Gasteiger charge is -1.90. The summed E-state index contributed by atoms with van der Waals surface area (Å²) >= 11 is 5.64. The molecule has 12 heavy (non-hydrogen) atoms. The fourth-order valence-electron chi connectivity index (χ4n) is 0.846. The van der Waals surface area contributed by atoms with Gasteiger partial charge in [0, 0.05) is 5.56 Å². The maximum atomic E-state index is 11.1. The molecule has 0 aliphatic carbocycles. The summed E-state index contributed by atoms with van der Waals surface area (Å²) in [6.45, 7) is 1.38. The lowest BCUT2D eigenvalue weighted by Crippen LogP contribution is -2.01. The first kappa shape index (κ1) is 8.94. The summed E-state index contributed by atoms with van der Waals surface area (Å²) in [6.07, 6.45) is 0. The average molecular weight is 183 g/mol. The number of carbonyl (C=O) groups excluding carboxylic acids is 1. The van der Waals surface area contributed by atoms with E-state index < -0.39 is 0 Å². The van der Waals surface area contributed by atoms with Crippen molar-refractivity contribution in [2.75, 3.05) is 0 Å². The van der Waals surface area contributed by atoms with Gasteiger partial charge in [-0.2, -0.15) is 0 Å². The number of hydrogen-bond donors (Lipinski definition) is 0. The van der Waals surface area contributed by atoms with E-state index in [-0.39, 0.29) is 21.8 Å². The minimum Gasteiger partial charge on any atom is -0.294 e. The zero-order valence-corrected chi connectivity index (χ0v) is 7.26. The second-order valence-corrected chi connectivity index (χ2v) is 2.74. The molecule has 0 amide bonds. The molecular formula is C9H7ClO2. The topological polar surface area (TPSA) is 34.1 Å². The number of ketones is 1. The van der Waals surface area contributed by atoms with E-state index in [2.05, 4.69) is 0 Å². The third-order valence-corrected chi connectivity index (χ3v) is 1.84. The highest BCUT2D eigenvalue weighted by Crippen LogP contribution is 2.09. The Bertz CT molecular complexity index is 371. The molecule has 0 unspecified atom stereocenters. The van der Waals surface area contributed by atoms with Gasteiger partial charge >= 0.3 is 0 Å². The molecule has 0 N–H and O–H groups in total. The minimum absolute atomic E-state index is 0.00694. The molecule has 0 spiro atoms. The fourth-order valence-corrected chi connectivity index (χ4v) is 1.10. The maximum absolute atomic E-state index is 11.1. The van der Waals surface area contributed by atoms with Crippen LogP contribution in [0.1, 0.15) is 17.3 Å². The summed E-state index contributed by atoms with van der Waals surface area (Å²) in [5, 5.41) is -0.00694. The Morgan fingerprint density at radius 2 is 1.92 bits per heavy atom. The third kappa shape index (κ3) is 1.71. The van der Waals surface area contributed by atoms with Crippen LogP contribution in [-0.2, 0) is 0 Å². The summed E-state index contributed by atoms with van der Waals surface area (Å²) in [5.74, 6) is -0.201. The molecule has 62 valence electrons. The molecule has 0 atom stereocenters. The third-order valence-electron chi connectivity index (χ3n) is 1.45. The minimum atomic E-state index is -0.327. The lowest BCUT2D eigenvalue weighted by atomic mass is 10.2. The molecule has 0 saturated heterocycles. The van der Waals surface area contributed by atoms with Gasteiger partial charge in [-0.15, -0.1) is 0 Å². The molecule has 0 bridgehead atoms. The van der Waals surface area contributed by atoms with Crippen molar-refractivity contribution >= 4 is 17.4 Å². The van der Waals surface area contributed by atoms with Crippen LogP contribution >= 0.6 is 11.6 Å². The van der Waals surface area contributed by atoms with Crippen LogP contribution < -0.4 is 5.43 Å². The second kappa shape index (κ2) is 3.50. The molecule has 2 nitrogen and oxygen atoms in total. The Labute approximate surface area is 74.8 Å². The van der Waals surface area contributed by atoms with E-state index in [0.29, 0.717) is 0 Å². The first-order valence-electron chi connectivity index (χ1n) is 3.42. The van der Waals surface area contributed by atoms with Gasteiger partial charge in [0.05, 0.1) is 5.02 Å². The number of halogens is 1. The van der Waals surface area contributed by atoms with E-state index in [9.17, 15) is 9.59 Å². The molecule has 0 radical (unpaired) electrons. The maximum Gasteiger partial charge on any atom is 0.197 e. The molecular weight excluding hydrogens is 176 g/mol. The van der Waals surface area contributed by atoms with Crippen LogP contribution in [0.4, 0.5) is 0 Å². The number of hydrogen-bond acceptors (Lipinski definition) is 2. The predicted molar refractivity (Wildman–Crippen MR) is 47.7 cm³/mol. The first-order valence-corrected chi connectivity index (χ1v) is 3.80. The summed E-state index contributed by atoms with van der Waals surface area (Å²) in [6, 6.07) is 6.03. The predicted octanol–water partition coefficient (Wildman–Crippen LogP) is 1.90. The van der Waals surface area contributed by atoms with Crippen molar-refractivity contribution < 1.29 is 4.79 Å². The molecule has 1 aromatic rings. The summed E-state index contributed by atoms with van der Waals surface area (Å²) < 4.78 is 0. The van der Waals surface area contributed by atoms with Crippen LogP contribution in [-0.4, -0.2) is 5.78 Å². The van der Waals surface area contributed by atoms with Gasteiger partial charge in [-0.05, 0) is 19.1 Å². The van der Waals surface area contributed by atoms with Crippen LogP contribution in [0.5, 0.6) is 0 Å². The van der Waals surface area contributed by atoms with Gasteiger partial charge in [-0.25, -0.2) is 0 Å². The Morgan fingerprint density at radius 3 is 2.50 bits per heavy atom. The van der Waals surface area contributed by atoms with E-state index in [0.717, 1.165) is 0 Å². The van der Waals surface area contributed by atoms with Gasteiger partial charge in [-0.3, -0.25) is 9.59 Å². The monoisotopic (exact) mass is 182 g/mol. The Hall–Kier alpha value is -1.15. The smallest absolute Gasteiger partial charge is 0.197 e. The summed E-state index contributed by atoms with van der Waals surface area (Å²) in [5.41, 5.74) is -0.0569. The molecule has 3 heteroatoms. The first-order chi connectivity index (χ1) is 5.63. The lowest BCUT2D eigenvalue weighted by molar-refractivity contribution is 0.101. The largest absolute Gasteiger partial charge is 0.294 e. The van der Waals surface area contributed by atoms with Gasteiger partial charge < -0.3 is 0 Å².